The van der Waals surface area contributed by atoms with Crippen LogP contribution >= 0.6 is 0 Å². The number of nitrogens with two attached hydrogens (primary N) is 1. The fourth-order valence-corrected chi connectivity index (χ4v) is 8.17. The third-order valence-corrected chi connectivity index (χ3v) is 12.3. The zero-order chi connectivity index (χ0) is 54.7. The number of carbonyl (C=O) groups excluding carboxylic acids is 3. The minimum Gasteiger partial charge on any atom is -0.568 e. The fourth-order valence-electron chi connectivity index (χ4n) is 8.17. The van der Waals surface area contributed by atoms with Crippen molar-refractivity contribution in [3.8, 4) is 23.0 Å². The molecule has 0 saturated carbocycles. The highest BCUT2D eigenvalue weighted by Crippen LogP contribution is 2.35. The molecule has 2 aromatic heterocycles. The lowest BCUT2D eigenvalue weighted by Crippen LogP contribution is -2.34. The Bertz CT molecular complexity index is 3420. The number of hydrazone groups is 1. The molecule has 9 rings (SSSR count). The topological polar surface area (TPSA) is 184 Å². The molecule has 4 amide bonds. The normalized spacial score (nSPS) is 10.8. The predicted molar refractivity (Wildman–Crippen MR) is 307 cm³/mol. The third-order valence-electron chi connectivity index (χ3n) is 12.3. The smallest absolute Gasteiger partial charge is 0.374 e. The average molecular weight is 1030 g/mol. The van der Waals surface area contributed by atoms with Gasteiger partial charge in [-0.3, -0.25) is 10.2 Å². The van der Waals surface area contributed by atoms with Gasteiger partial charge in [0.05, 0.1) is 11.8 Å². The Morgan fingerprint density at radius 2 is 0.987 bits per heavy atom. The van der Waals surface area contributed by atoms with Gasteiger partial charge in [0.1, 0.15) is 42.8 Å². The molecule has 2 heterocycles. The number of hydrazine groups is 1. The second-order valence-corrected chi connectivity index (χ2v) is 18.5. The molecule has 2 radical (unpaired) electrons. The Hall–Kier alpha value is -9.28. The van der Waals surface area contributed by atoms with Gasteiger partial charge in [-0.1, -0.05) is 119 Å². The predicted octanol–water partition coefficient (Wildman–Crippen LogP) is 12.5. The first kappa shape index (κ1) is 55.5. The molecule has 6 N–H and O–H groups in total. The Morgan fingerprint density at radius 1 is 0.558 bits per heavy atom. The molecule has 0 fully saturated rings. The number of rotatable bonds is 17. The second kappa shape index (κ2) is 27.3. The van der Waals surface area contributed by atoms with Crippen LogP contribution in [0.5, 0.6) is 23.0 Å². The van der Waals surface area contributed by atoms with Gasteiger partial charge in [0, 0.05) is 77.4 Å². The van der Waals surface area contributed by atoms with Crippen molar-refractivity contribution >= 4 is 65.8 Å². The summed E-state index contributed by atoms with van der Waals surface area (Å²) in [6.07, 6.45) is 6.33. The van der Waals surface area contributed by atoms with Crippen LogP contribution in [-0.4, -0.2) is 41.7 Å². The first-order valence-electron chi connectivity index (χ1n) is 25.0. The second-order valence-electron chi connectivity index (χ2n) is 18.5. The number of benzene rings is 7. The highest BCUT2D eigenvalue weighted by Gasteiger charge is 2.17. The standard InChI is InChI=1S/C27H27BN4O3.C24H24O3.C10H12N4O/c1-18(2)23-14-21(25(15-26(23)35-28)34-17-19-7-5-4-6-8-19)16-29-31-27(33)30-22-9-10-24-20(13-22)11-12-32(24)3;1-18(2)22-13-21(15-25)23(26-16-19-9-5-3-6-10-19)14-24(22)27-17-20-11-7-4-8-12-20;1-14-5-4-7-6-8(2-3-9(7)14)12-10(15)13-11/h4-16,18H,17H2,1-3H3,(H2,30,31,33);3-15,18H,16-17H2,1-2H3;2-6H,11H2,1H3,(H2,12,13,15)/b29-16+;;. The van der Waals surface area contributed by atoms with Crippen LogP contribution in [0.25, 0.3) is 21.8 Å². The number of hydrogen-bond donors (Lipinski definition) is 5. The zero-order valence-corrected chi connectivity index (χ0v) is 44.0. The van der Waals surface area contributed by atoms with Crippen LogP contribution in [0.4, 0.5) is 21.0 Å². The molecule has 0 atom stereocenters. The van der Waals surface area contributed by atoms with E-state index in [1.165, 1.54) is 0 Å². The van der Waals surface area contributed by atoms with Crippen LogP contribution in [0.3, 0.4) is 0 Å². The number of carbonyl (C=O) groups is 3. The van der Waals surface area contributed by atoms with Crippen LogP contribution in [-0.2, 0) is 33.9 Å². The first-order chi connectivity index (χ1) is 37.3. The van der Waals surface area contributed by atoms with Gasteiger partial charge in [-0.15, -0.1) is 0 Å². The summed E-state index contributed by atoms with van der Waals surface area (Å²) in [7, 11) is 9.46. The fraction of sp³-hybridized carbons (Fsp3) is 0.180. The Morgan fingerprint density at radius 3 is 1.44 bits per heavy atom. The van der Waals surface area contributed by atoms with Crippen molar-refractivity contribution in [3.63, 3.8) is 0 Å². The van der Waals surface area contributed by atoms with Gasteiger partial charge in [0.2, 0.25) is 0 Å². The summed E-state index contributed by atoms with van der Waals surface area (Å²) in [6.45, 7) is 9.49. The summed E-state index contributed by atoms with van der Waals surface area (Å²) in [6, 6.07) is 51.6. The molecule has 0 spiro atoms. The molecule has 16 heteroatoms. The zero-order valence-electron chi connectivity index (χ0n) is 44.0. The highest BCUT2D eigenvalue weighted by molar-refractivity contribution is 6.00. The van der Waals surface area contributed by atoms with E-state index in [1.54, 1.807) is 12.3 Å². The largest absolute Gasteiger partial charge is 0.568 e. The molecule has 7 aromatic carbocycles. The number of ether oxygens (including phenoxy) is 3. The van der Waals surface area contributed by atoms with Gasteiger partial charge < -0.3 is 38.6 Å². The summed E-state index contributed by atoms with van der Waals surface area (Å²) in [4.78, 5) is 35.0. The highest BCUT2D eigenvalue weighted by atomic mass is 16.5. The van der Waals surface area contributed by atoms with E-state index >= 15 is 0 Å². The summed E-state index contributed by atoms with van der Waals surface area (Å²) >= 11 is 0. The van der Waals surface area contributed by atoms with Crippen molar-refractivity contribution in [2.45, 2.75) is 59.4 Å². The molecule has 77 heavy (non-hydrogen) atoms. The van der Waals surface area contributed by atoms with Crippen LogP contribution in [0, 0.1) is 0 Å². The maximum atomic E-state index is 12.4. The SMILES string of the molecule is CC(C)c1cc(C=O)c(OCc2ccccc2)cc1OCc1ccccc1.Cn1ccc2cc(NC(=O)NN)ccc21.[B]Oc1cc(OCc2ccccc2)c(/C=N/NC(=O)Nc2ccc3c(ccn3C)c2)cc1C(C)C. The minimum atomic E-state index is -0.450. The van der Waals surface area contributed by atoms with Gasteiger partial charge in [0.15, 0.2) is 6.29 Å². The molecule has 0 saturated heterocycles. The van der Waals surface area contributed by atoms with Gasteiger partial charge in [-0.25, -0.2) is 20.9 Å². The molecular formula is C61H63BN8O7. The van der Waals surface area contributed by atoms with Crippen LogP contribution < -0.4 is 46.2 Å². The molecule has 0 aliphatic rings. The summed E-state index contributed by atoms with van der Waals surface area (Å²) in [5, 5.41) is 11.7. The summed E-state index contributed by atoms with van der Waals surface area (Å²) < 4.78 is 27.2. The number of anilines is 2. The molecule has 15 nitrogen and oxygen atoms in total. The molecule has 0 aliphatic heterocycles. The Balaban J connectivity index is 0.000000181. The molecule has 392 valence electrons. The van der Waals surface area contributed by atoms with E-state index in [9.17, 15) is 14.4 Å². The van der Waals surface area contributed by atoms with Crippen LogP contribution in [0.2, 0.25) is 0 Å². The minimum absolute atomic E-state index is 0.160. The maximum Gasteiger partial charge on any atom is 0.374 e. The maximum absolute atomic E-state index is 12.4. The van der Waals surface area contributed by atoms with Crippen molar-refractivity contribution in [1.82, 2.24) is 20.0 Å². The van der Waals surface area contributed by atoms with Gasteiger partial charge >= 0.3 is 20.1 Å². The van der Waals surface area contributed by atoms with Gasteiger partial charge in [-0.05, 0) is 100 Å². The van der Waals surface area contributed by atoms with E-state index in [0.717, 1.165) is 67.3 Å². The lowest BCUT2D eigenvalue weighted by molar-refractivity contribution is 0.111. The van der Waals surface area contributed by atoms with Gasteiger partial charge in [0.25, 0.3) is 0 Å². The third kappa shape index (κ3) is 15.6. The lowest BCUT2D eigenvalue weighted by atomic mass is 9.99. The lowest BCUT2D eigenvalue weighted by Gasteiger charge is -2.18. The van der Waals surface area contributed by atoms with Gasteiger partial charge in [-0.2, -0.15) is 5.10 Å². The number of nitrogens with one attached hydrogen (secondary N) is 4. The van der Waals surface area contributed by atoms with Crippen molar-refractivity contribution in [2.75, 3.05) is 10.6 Å². The number of aryl methyl sites for hydroxylation is 2. The number of nitrogens with zero attached hydrogens (tertiary/aromatic N) is 3. The summed E-state index contributed by atoms with van der Waals surface area (Å²) in [5.41, 5.74) is 14.4. The molecule has 9 aromatic rings. The average Bonchev–Trinajstić information content (AvgIpc) is 4.02. The number of fused-ring (bicyclic) bond motifs is 2. The van der Waals surface area contributed by atoms with E-state index in [-0.39, 0.29) is 11.8 Å². The Labute approximate surface area is 450 Å². The first-order valence-corrected chi connectivity index (χ1v) is 25.0. The quantitative estimate of drug-likeness (QED) is 0.0149. The van der Waals surface area contributed by atoms with Crippen LogP contribution in [0.1, 0.15) is 83.3 Å². The van der Waals surface area contributed by atoms with Crippen molar-refractivity contribution in [3.05, 3.63) is 215 Å². The Kier molecular flexibility index (Phi) is 19.7. The summed E-state index contributed by atoms with van der Waals surface area (Å²) in [5.74, 6) is 7.73. The van der Waals surface area contributed by atoms with Crippen molar-refractivity contribution < 1.29 is 33.2 Å². The number of hydrogen-bond acceptors (Lipinski definition) is 9. The molecule has 0 unspecified atom stereocenters. The molecule has 0 aliphatic carbocycles. The number of amides is 4. The van der Waals surface area contributed by atoms with Crippen molar-refractivity contribution in [1.29, 1.82) is 0 Å². The molecule has 0 bridgehead atoms. The number of aromatic nitrogens is 2. The van der Waals surface area contributed by atoms with E-state index in [0.29, 0.717) is 53.9 Å². The van der Waals surface area contributed by atoms with E-state index in [4.69, 9.17) is 32.8 Å². The van der Waals surface area contributed by atoms with E-state index in [2.05, 4.69) is 35.0 Å². The van der Waals surface area contributed by atoms with E-state index in [1.807, 2.05) is 213 Å². The van der Waals surface area contributed by atoms with Crippen LogP contribution in [0.15, 0.2) is 181 Å². The van der Waals surface area contributed by atoms with Crippen molar-refractivity contribution in [2.24, 2.45) is 25.0 Å². The molecular weight excluding hydrogens is 968 g/mol. The number of urea groups is 2. The number of aldehydes is 1. The van der Waals surface area contributed by atoms with E-state index < -0.39 is 12.1 Å². The monoisotopic (exact) mass is 1030 g/mol.